The molecule has 0 aromatic heterocycles. The Bertz CT molecular complexity index is 142. The number of hydrogen-bond acceptors (Lipinski definition) is 5. The Morgan fingerprint density at radius 3 is 1.92 bits per heavy atom. The first-order valence-electron chi connectivity index (χ1n) is 4.02. The fourth-order valence-electron chi connectivity index (χ4n) is 1.29. The standard InChI is InChI=1S/C7H16N2O3/c1-7(4-10)11-5(2-8)6(3-9)12-7/h5-6,10H,2-4,8-9H2,1H3/t5-,6-/m1/s1. The summed E-state index contributed by atoms with van der Waals surface area (Å²) in [5.74, 6) is -0.923. The Morgan fingerprint density at radius 1 is 1.25 bits per heavy atom. The molecule has 0 radical (unpaired) electrons. The van der Waals surface area contributed by atoms with Crippen LogP contribution in [0.4, 0.5) is 0 Å². The number of aliphatic hydroxyl groups is 1. The van der Waals surface area contributed by atoms with E-state index in [0.29, 0.717) is 13.1 Å². The minimum Gasteiger partial charge on any atom is -0.391 e. The van der Waals surface area contributed by atoms with Gasteiger partial charge in [0.25, 0.3) is 0 Å². The molecule has 12 heavy (non-hydrogen) atoms. The first kappa shape index (κ1) is 9.88. The number of aliphatic hydroxyl groups excluding tert-OH is 1. The van der Waals surface area contributed by atoms with E-state index in [9.17, 15) is 0 Å². The monoisotopic (exact) mass is 176 g/mol. The molecular weight excluding hydrogens is 160 g/mol. The lowest BCUT2D eigenvalue weighted by molar-refractivity contribution is -0.183. The van der Waals surface area contributed by atoms with Crippen LogP contribution in [0.2, 0.25) is 0 Å². The summed E-state index contributed by atoms with van der Waals surface area (Å²) in [7, 11) is 0. The van der Waals surface area contributed by atoms with E-state index in [1.165, 1.54) is 0 Å². The number of ether oxygens (including phenoxy) is 2. The number of hydrogen-bond donors (Lipinski definition) is 3. The molecule has 0 saturated carbocycles. The molecule has 0 aromatic carbocycles. The van der Waals surface area contributed by atoms with Gasteiger partial charge in [0.2, 0.25) is 0 Å². The second kappa shape index (κ2) is 3.68. The van der Waals surface area contributed by atoms with E-state index in [0.717, 1.165) is 0 Å². The molecule has 72 valence electrons. The molecule has 0 aliphatic carbocycles. The zero-order chi connectivity index (χ0) is 9.19. The highest BCUT2D eigenvalue weighted by molar-refractivity contribution is 4.84. The van der Waals surface area contributed by atoms with Crippen molar-refractivity contribution < 1.29 is 14.6 Å². The van der Waals surface area contributed by atoms with E-state index in [-0.39, 0.29) is 18.8 Å². The quantitative estimate of drug-likeness (QED) is 0.481. The minimum absolute atomic E-state index is 0.181. The highest BCUT2D eigenvalue weighted by Crippen LogP contribution is 2.26. The lowest BCUT2D eigenvalue weighted by Crippen LogP contribution is -2.35. The van der Waals surface area contributed by atoms with Gasteiger partial charge >= 0.3 is 0 Å². The fraction of sp³-hybridized carbons (Fsp3) is 1.00. The maximum absolute atomic E-state index is 8.92. The Morgan fingerprint density at radius 2 is 1.67 bits per heavy atom. The lowest BCUT2D eigenvalue weighted by atomic mass is 10.2. The fourth-order valence-corrected chi connectivity index (χ4v) is 1.29. The van der Waals surface area contributed by atoms with Crippen LogP contribution in [0.15, 0.2) is 0 Å². The van der Waals surface area contributed by atoms with Crippen LogP contribution in [-0.2, 0) is 9.47 Å². The first-order chi connectivity index (χ1) is 5.65. The molecule has 5 N–H and O–H groups in total. The second-order valence-corrected chi connectivity index (χ2v) is 3.08. The number of rotatable bonds is 3. The van der Waals surface area contributed by atoms with Gasteiger partial charge in [-0.3, -0.25) is 0 Å². The molecule has 5 heteroatoms. The average Bonchev–Trinajstić information content (AvgIpc) is 2.43. The van der Waals surface area contributed by atoms with Gasteiger partial charge in [-0.15, -0.1) is 0 Å². The first-order valence-corrected chi connectivity index (χ1v) is 4.02. The van der Waals surface area contributed by atoms with Crippen LogP contribution in [0.5, 0.6) is 0 Å². The maximum atomic E-state index is 8.92. The van der Waals surface area contributed by atoms with E-state index in [2.05, 4.69) is 0 Å². The Balaban J connectivity index is 2.58. The Hall–Kier alpha value is -0.200. The molecule has 0 unspecified atom stereocenters. The molecule has 1 rings (SSSR count). The Labute approximate surface area is 71.6 Å². The van der Waals surface area contributed by atoms with Crippen molar-refractivity contribution >= 4 is 0 Å². The third-order valence-electron chi connectivity index (χ3n) is 1.97. The van der Waals surface area contributed by atoms with Crippen molar-refractivity contribution in [3.05, 3.63) is 0 Å². The van der Waals surface area contributed by atoms with E-state index in [1.807, 2.05) is 0 Å². The van der Waals surface area contributed by atoms with Gasteiger partial charge in [-0.2, -0.15) is 0 Å². The summed E-state index contributed by atoms with van der Waals surface area (Å²) in [5, 5.41) is 8.92. The van der Waals surface area contributed by atoms with Crippen molar-refractivity contribution in [2.75, 3.05) is 19.7 Å². The smallest absolute Gasteiger partial charge is 0.189 e. The van der Waals surface area contributed by atoms with Gasteiger partial charge in [-0.1, -0.05) is 0 Å². The molecule has 1 saturated heterocycles. The summed E-state index contributed by atoms with van der Waals surface area (Å²) < 4.78 is 10.7. The Kier molecular flexibility index (Phi) is 3.03. The summed E-state index contributed by atoms with van der Waals surface area (Å²) in [4.78, 5) is 0. The van der Waals surface area contributed by atoms with Crippen molar-refractivity contribution in [3.63, 3.8) is 0 Å². The van der Waals surface area contributed by atoms with Crippen molar-refractivity contribution in [2.24, 2.45) is 11.5 Å². The van der Waals surface area contributed by atoms with Gasteiger partial charge in [-0.05, 0) is 6.92 Å². The van der Waals surface area contributed by atoms with Crippen molar-refractivity contribution in [1.29, 1.82) is 0 Å². The predicted octanol–water partition coefficient (Wildman–Crippen LogP) is -1.60. The van der Waals surface area contributed by atoms with Crippen LogP contribution in [0.1, 0.15) is 6.92 Å². The third kappa shape index (κ3) is 1.75. The largest absolute Gasteiger partial charge is 0.391 e. The molecule has 0 spiro atoms. The van der Waals surface area contributed by atoms with Gasteiger partial charge in [0, 0.05) is 13.1 Å². The van der Waals surface area contributed by atoms with Crippen molar-refractivity contribution in [2.45, 2.75) is 24.9 Å². The molecular formula is C7H16N2O3. The van der Waals surface area contributed by atoms with Gasteiger partial charge < -0.3 is 26.0 Å². The minimum atomic E-state index is -0.923. The normalized spacial score (nSPS) is 34.0. The van der Waals surface area contributed by atoms with Crippen LogP contribution in [0, 0.1) is 0 Å². The molecule has 1 heterocycles. The highest BCUT2D eigenvalue weighted by Gasteiger charge is 2.42. The SMILES string of the molecule is CC1(CO)O[C@H](CN)[C@@H](CN)O1. The van der Waals surface area contributed by atoms with Crippen molar-refractivity contribution in [1.82, 2.24) is 0 Å². The van der Waals surface area contributed by atoms with E-state index < -0.39 is 5.79 Å². The third-order valence-corrected chi connectivity index (χ3v) is 1.97. The van der Waals surface area contributed by atoms with Crippen LogP contribution in [-0.4, -0.2) is 42.8 Å². The zero-order valence-corrected chi connectivity index (χ0v) is 7.19. The van der Waals surface area contributed by atoms with E-state index in [1.54, 1.807) is 6.92 Å². The predicted molar refractivity (Wildman–Crippen MR) is 43.3 cm³/mol. The average molecular weight is 176 g/mol. The summed E-state index contributed by atoms with van der Waals surface area (Å²) in [6, 6.07) is 0. The summed E-state index contributed by atoms with van der Waals surface area (Å²) >= 11 is 0. The maximum Gasteiger partial charge on any atom is 0.189 e. The van der Waals surface area contributed by atoms with Gasteiger partial charge in [0.1, 0.15) is 12.2 Å². The molecule has 0 aromatic rings. The molecule has 0 bridgehead atoms. The second-order valence-electron chi connectivity index (χ2n) is 3.08. The lowest BCUT2D eigenvalue weighted by Gasteiger charge is -2.19. The van der Waals surface area contributed by atoms with E-state index in [4.69, 9.17) is 26.0 Å². The van der Waals surface area contributed by atoms with Gasteiger partial charge in [0.15, 0.2) is 5.79 Å². The van der Waals surface area contributed by atoms with E-state index >= 15 is 0 Å². The molecule has 1 aliphatic rings. The van der Waals surface area contributed by atoms with Crippen LogP contribution in [0.25, 0.3) is 0 Å². The van der Waals surface area contributed by atoms with Crippen LogP contribution in [0.3, 0.4) is 0 Å². The molecule has 0 amide bonds. The zero-order valence-electron chi connectivity index (χ0n) is 7.19. The molecule has 1 fully saturated rings. The van der Waals surface area contributed by atoms with Crippen molar-refractivity contribution in [3.8, 4) is 0 Å². The van der Waals surface area contributed by atoms with Gasteiger partial charge in [-0.25, -0.2) is 0 Å². The number of nitrogens with two attached hydrogens (primary N) is 2. The molecule has 5 nitrogen and oxygen atoms in total. The molecule has 1 aliphatic heterocycles. The summed E-state index contributed by atoms with van der Waals surface area (Å²) in [5.41, 5.74) is 10.9. The van der Waals surface area contributed by atoms with Crippen LogP contribution < -0.4 is 11.5 Å². The topological polar surface area (TPSA) is 90.7 Å². The summed E-state index contributed by atoms with van der Waals surface area (Å²) in [6.07, 6.45) is -0.403. The van der Waals surface area contributed by atoms with Gasteiger partial charge in [0.05, 0.1) is 6.61 Å². The molecule has 2 atom stereocenters. The highest BCUT2D eigenvalue weighted by atomic mass is 16.8. The van der Waals surface area contributed by atoms with Crippen LogP contribution >= 0.6 is 0 Å². The summed E-state index contributed by atoms with van der Waals surface area (Å²) in [6.45, 7) is 2.21.